The number of nitrogens with zero attached hydrogens (tertiary/aromatic N) is 1. The van der Waals surface area contributed by atoms with E-state index in [9.17, 15) is 9.90 Å². The van der Waals surface area contributed by atoms with Gasteiger partial charge in [0.25, 0.3) is 0 Å². The molecule has 2 aromatic rings. The van der Waals surface area contributed by atoms with Crippen molar-refractivity contribution in [3.05, 3.63) is 65.2 Å². The van der Waals surface area contributed by atoms with Gasteiger partial charge in [0.15, 0.2) is 0 Å². The van der Waals surface area contributed by atoms with Gasteiger partial charge in [-0.05, 0) is 85.7 Å². The normalized spacial score (nSPS) is 26.3. The van der Waals surface area contributed by atoms with Crippen LogP contribution in [0.2, 0.25) is 0 Å². The van der Waals surface area contributed by atoms with Gasteiger partial charge in [-0.1, -0.05) is 49.7 Å². The average Bonchev–Trinajstić information content (AvgIpc) is 3.66. The smallest absolute Gasteiger partial charge is 0.323 e. The van der Waals surface area contributed by atoms with Crippen LogP contribution in [-0.2, 0) is 27.8 Å². The zero-order valence-corrected chi connectivity index (χ0v) is 21.2. The number of fused-ring (bicyclic) bond motifs is 4. The Morgan fingerprint density at radius 1 is 1.20 bits per heavy atom. The summed E-state index contributed by atoms with van der Waals surface area (Å²) in [6.07, 6.45) is 7.73. The minimum Gasteiger partial charge on any atom is -0.508 e. The second kappa shape index (κ2) is 10.3. The molecule has 4 atom stereocenters. The van der Waals surface area contributed by atoms with Gasteiger partial charge in [-0.25, -0.2) is 0 Å². The lowest BCUT2D eigenvalue weighted by Crippen LogP contribution is -2.41. The topological polar surface area (TPSA) is 61.8 Å². The number of unbranched alkanes of at least 4 members (excludes halogenated alkanes) is 1. The molecule has 0 spiro atoms. The number of methoxy groups -OCH3 is 1. The van der Waals surface area contributed by atoms with E-state index in [0.29, 0.717) is 24.1 Å². The van der Waals surface area contributed by atoms with Crippen LogP contribution in [0.1, 0.15) is 55.7 Å². The Hall–Kier alpha value is -2.37. The van der Waals surface area contributed by atoms with Crippen molar-refractivity contribution in [3.8, 4) is 5.75 Å². The number of likely N-dealkylation sites (tertiary alicyclic amines) is 1. The highest BCUT2D eigenvalue weighted by Crippen LogP contribution is 2.53. The molecule has 188 valence electrons. The molecule has 0 aromatic heterocycles. The van der Waals surface area contributed by atoms with E-state index in [1.807, 2.05) is 30.3 Å². The Labute approximate surface area is 209 Å². The number of hydrogen-bond donors (Lipinski definition) is 2. The quantitative estimate of drug-likeness (QED) is 0.370. The first-order valence-electron chi connectivity index (χ1n) is 13.4. The predicted octanol–water partition coefficient (Wildman–Crippen LogP) is 4.46. The molecule has 35 heavy (non-hydrogen) atoms. The Morgan fingerprint density at radius 2 is 2.00 bits per heavy atom. The second-order valence-electron chi connectivity index (χ2n) is 11.1. The van der Waals surface area contributed by atoms with Crippen LogP contribution < -0.4 is 5.32 Å². The van der Waals surface area contributed by atoms with E-state index in [2.05, 4.69) is 35.3 Å². The zero-order chi connectivity index (χ0) is 24.4. The first kappa shape index (κ1) is 24.3. The van der Waals surface area contributed by atoms with Crippen LogP contribution in [0.5, 0.6) is 5.75 Å². The van der Waals surface area contributed by atoms with Gasteiger partial charge in [-0.3, -0.25) is 9.69 Å². The molecule has 0 amide bonds. The summed E-state index contributed by atoms with van der Waals surface area (Å²) in [5, 5.41) is 13.8. The summed E-state index contributed by atoms with van der Waals surface area (Å²) < 4.78 is 5.06. The van der Waals surface area contributed by atoms with Crippen LogP contribution in [0.3, 0.4) is 0 Å². The van der Waals surface area contributed by atoms with Crippen molar-refractivity contribution in [3.63, 3.8) is 0 Å². The third kappa shape index (κ3) is 5.12. The van der Waals surface area contributed by atoms with E-state index in [1.165, 1.54) is 37.6 Å². The van der Waals surface area contributed by atoms with Crippen LogP contribution in [0.15, 0.2) is 48.5 Å². The maximum Gasteiger partial charge on any atom is 0.323 e. The summed E-state index contributed by atoms with van der Waals surface area (Å²) in [6, 6.07) is 16.5. The SMILES string of the molecule is COC(=O)[C@H](Cc1ccccc1)NCCCCC12CN(CC3CC3)[C@H](Cc3ccc(O)cc31)[C@@H]2C. The van der Waals surface area contributed by atoms with E-state index in [0.717, 1.165) is 50.3 Å². The van der Waals surface area contributed by atoms with Gasteiger partial charge in [-0.15, -0.1) is 0 Å². The van der Waals surface area contributed by atoms with Crippen molar-refractivity contribution >= 4 is 5.97 Å². The first-order chi connectivity index (χ1) is 17.0. The minimum atomic E-state index is -0.322. The van der Waals surface area contributed by atoms with E-state index in [4.69, 9.17) is 4.74 Å². The molecule has 1 saturated heterocycles. The molecule has 3 aliphatic rings. The van der Waals surface area contributed by atoms with Crippen LogP contribution in [0.4, 0.5) is 0 Å². The van der Waals surface area contributed by atoms with Gasteiger partial charge in [-0.2, -0.15) is 0 Å². The average molecular weight is 477 g/mol. The molecule has 1 heterocycles. The lowest BCUT2D eigenvalue weighted by molar-refractivity contribution is -0.143. The maximum absolute atomic E-state index is 12.4. The molecule has 1 aliphatic heterocycles. The Morgan fingerprint density at radius 3 is 2.74 bits per heavy atom. The van der Waals surface area contributed by atoms with Crippen LogP contribution >= 0.6 is 0 Å². The van der Waals surface area contributed by atoms with Crippen molar-refractivity contribution < 1.29 is 14.6 Å². The van der Waals surface area contributed by atoms with Gasteiger partial charge in [0.2, 0.25) is 0 Å². The Balaban J connectivity index is 1.23. The number of phenols is 1. The lowest BCUT2D eigenvalue weighted by Gasteiger charge is -2.40. The van der Waals surface area contributed by atoms with Crippen LogP contribution in [0, 0.1) is 11.8 Å². The molecule has 5 nitrogen and oxygen atoms in total. The molecular formula is C30H40N2O3. The van der Waals surface area contributed by atoms with Gasteiger partial charge in [0.05, 0.1) is 7.11 Å². The monoisotopic (exact) mass is 476 g/mol. The third-order valence-corrected chi connectivity index (χ3v) is 8.86. The van der Waals surface area contributed by atoms with Crippen molar-refractivity contribution in [1.29, 1.82) is 0 Å². The number of nitrogens with one attached hydrogen (secondary N) is 1. The van der Waals surface area contributed by atoms with E-state index in [1.54, 1.807) is 0 Å². The molecule has 0 radical (unpaired) electrons. The molecule has 5 rings (SSSR count). The largest absolute Gasteiger partial charge is 0.508 e. The number of hydrogen-bond acceptors (Lipinski definition) is 5. The van der Waals surface area contributed by atoms with E-state index in [-0.39, 0.29) is 17.4 Å². The third-order valence-electron chi connectivity index (χ3n) is 8.86. The van der Waals surface area contributed by atoms with Gasteiger partial charge in [0.1, 0.15) is 11.8 Å². The number of esters is 1. The highest BCUT2D eigenvalue weighted by Gasteiger charge is 2.54. The molecule has 2 aliphatic carbocycles. The fourth-order valence-corrected chi connectivity index (χ4v) is 6.72. The van der Waals surface area contributed by atoms with Gasteiger partial charge >= 0.3 is 5.97 Å². The molecular weight excluding hydrogens is 436 g/mol. The van der Waals surface area contributed by atoms with Crippen molar-refractivity contribution in [2.45, 2.75) is 69.4 Å². The van der Waals surface area contributed by atoms with Gasteiger partial charge < -0.3 is 15.2 Å². The molecule has 2 aromatic carbocycles. The Kier molecular flexibility index (Phi) is 7.17. The molecule has 1 unspecified atom stereocenters. The summed E-state index contributed by atoms with van der Waals surface area (Å²) in [5.74, 6) is 1.66. The lowest BCUT2D eigenvalue weighted by atomic mass is 9.63. The molecule has 2 fully saturated rings. The van der Waals surface area contributed by atoms with Crippen molar-refractivity contribution in [2.75, 3.05) is 26.7 Å². The number of carbonyl (C=O) groups excluding carboxylic acids is 1. The fourth-order valence-electron chi connectivity index (χ4n) is 6.72. The number of rotatable bonds is 11. The van der Waals surface area contributed by atoms with Crippen molar-refractivity contribution in [2.24, 2.45) is 11.8 Å². The second-order valence-corrected chi connectivity index (χ2v) is 11.1. The van der Waals surface area contributed by atoms with Gasteiger partial charge in [0, 0.05) is 24.5 Å². The zero-order valence-electron chi connectivity index (χ0n) is 21.2. The summed E-state index contributed by atoms with van der Waals surface area (Å²) in [7, 11) is 1.46. The summed E-state index contributed by atoms with van der Waals surface area (Å²) in [5.41, 5.74) is 4.05. The van der Waals surface area contributed by atoms with Crippen LogP contribution in [0.25, 0.3) is 0 Å². The molecule has 2 bridgehead atoms. The standard InChI is InChI=1S/C30H40N2O3/c1-21-28-17-24-12-13-25(33)18-26(24)30(21,20-32(28)19-23-10-11-23)14-6-7-15-31-27(29(34)35-2)16-22-8-4-3-5-9-22/h3-5,8-9,12-13,18,21,23,27-28,31,33H,6-7,10-11,14-17,19-20H2,1-2H3/t21-,27-,28+,30?/m0/s1. The molecule has 2 N–H and O–H groups in total. The fraction of sp³-hybridized carbons (Fsp3) is 0.567. The first-order valence-corrected chi connectivity index (χ1v) is 13.4. The number of benzene rings is 2. The number of ether oxygens (including phenoxy) is 1. The minimum absolute atomic E-state index is 0.109. The van der Waals surface area contributed by atoms with Crippen LogP contribution in [-0.4, -0.2) is 54.8 Å². The number of carbonyl (C=O) groups is 1. The Bertz CT molecular complexity index is 1020. The van der Waals surface area contributed by atoms with E-state index >= 15 is 0 Å². The summed E-state index contributed by atoms with van der Waals surface area (Å²) >= 11 is 0. The highest BCUT2D eigenvalue weighted by molar-refractivity contribution is 5.76. The number of phenolic OH excluding ortho intramolecular Hbond substituents is 1. The summed E-state index contributed by atoms with van der Waals surface area (Å²) in [4.78, 5) is 15.1. The van der Waals surface area contributed by atoms with E-state index < -0.39 is 0 Å². The molecule has 1 saturated carbocycles. The molecule has 5 heteroatoms. The number of aromatic hydroxyl groups is 1. The van der Waals surface area contributed by atoms with Crippen molar-refractivity contribution in [1.82, 2.24) is 10.2 Å². The maximum atomic E-state index is 12.4. The highest BCUT2D eigenvalue weighted by atomic mass is 16.5. The predicted molar refractivity (Wildman–Crippen MR) is 139 cm³/mol. The summed E-state index contributed by atoms with van der Waals surface area (Å²) in [6.45, 7) is 5.58.